The van der Waals surface area contributed by atoms with E-state index in [1.165, 1.54) is 25.0 Å². The first-order valence-corrected chi connectivity index (χ1v) is 7.10. The highest BCUT2D eigenvalue weighted by atomic mass is 19.1. The van der Waals surface area contributed by atoms with E-state index in [0.29, 0.717) is 28.3 Å². The van der Waals surface area contributed by atoms with Gasteiger partial charge in [-0.05, 0) is 18.6 Å². The van der Waals surface area contributed by atoms with E-state index in [9.17, 15) is 9.18 Å². The Morgan fingerprint density at radius 1 is 1.39 bits per heavy atom. The van der Waals surface area contributed by atoms with E-state index in [0.717, 1.165) is 0 Å². The first-order valence-electron chi connectivity index (χ1n) is 7.10. The van der Waals surface area contributed by atoms with E-state index < -0.39 is 0 Å². The first-order chi connectivity index (χ1) is 11.0. The summed E-state index contributed by atoms with van der Waals surface area (Å²) in [6, 6.07) is 4.79. The van der Waals surface area contributed by atoms with Crippen LogP contribution in [0.3, 0.4) is 0 Å². The standard InChI is InChI=1S/C16H20FN3O3/c1-10-14(16(23-4)20(2)19-10)15(21)18-8-11-5-6-12(9-22-3)13(17)7-11/h5-7H,8-9H2,1-4H3,(H,18,21). The fourth-order valence-corrected chi connectivity index (χ4v) is 2.38. The number of methoxy groups -OCH3 is 2. The van der Waals surface area contributed by atoms with Gasteiger partial charge in [-0.3, -0.25) is 4.79 Å². The Kier molecular flexibility index (Phi) is 5.33. The molecule has 23 heavy (non-hydrogen) atoms. The van der Waals surface area contributed by atoms with Gasteiger partial charge in [-0.1, -0.05) is 12.1 Å². The molecule has 7 heteroatoms. The summed E-state index contributed by atoms with van der Waals surface area (Å²) in [5.41, 5.74) is 2.10. The van der Waals surface area contributed by atoms with Crippen molar-refractivity contribution in [2.75, 3.05) is 14.2 Å². The first kappa shape index (κ1) is 17.0. The lowest BCUT2D eigenvalue weighted by Crippen LogP contribution is -2.24. The zero-order chi connectivity index (χ0) is 17.0. The molecule has 2 rings (SSSR count). The predicted octanol–water partition coefficient (Wildman–Crippen LogP) is 1.95. The zero-order valence-electron chi connectivity index (χ0n) is 13.6. The average molecular weight is 321 g/mol. The number of hydrogen-bond acceptors (Lipinski definition) is 4. The number of rotatable bonds is 6. The van der Waals surface area contributed by atoms with Gasteiger partial charge in [0.2, 0.25) is 5.88 Å². The zero-order valence-corrected chi connectivity index (χ0v) is 13.6. The molecule has 1 aromatic heterocycles. The number of benzene rings is 1. The van der Waals surface area contributed by atoms with E-state index in [-0.39, 0.29) is 24.9 Å². The number of carbonyl (C=O) groups excluding carboxylic acids is 1. The second kappa shape index (κ2) is 7.23. The number of nitrogens with one attached hydrogen (secondary N) is 1. The van der Waals surface area contributed by atoms with Crippen LogP contribution in [0.25, 0.3) is 0 Å². The number of aryl methyl sites for hydroxylation is 2. The summed E-state index contributed by atoms with van der Waals surface area (Å²) in [7, 11) is 4.70. The van der Waals surface area contributed by atoms with Crippen LogP contribution in [0.2, 0.25) is 0 Å². The lowest BCUT2D eigenvalue weighted by molar-refractivity contribution is 0.0946. The molecule has 0 saturated heterocycles. The minimum atomic E-state index is -0.353. The number of halogens is 1. The van der Waals surface area contributed by atoms with Gasteiger partial charge < -0.3 is 14.8 Å². The maximum atomic E-state index is 13.8. The van der Waals surface area contributed by atoms with Gasteiger partial charge in [0.15, 0.2) is 0 Å². The maximum Gasteiger partial charge on any atom is 0.258 e. The van der Waals surface area contributed by atoms with Crippen LogP contribution < -0.4 is 10.1 Å². The Labute approximate surface area is 134 Å². The molecule has 0 bridgehead atoms. The van der Waals surface area contributed by atoms with E-state index in [2.05, 4.69) is 10.4 Å². The monoisotopic (exact) mass is 321 g/mol. The molecule has 0 atom stereocenters. The minimum absolute atomic E-state index is 0.209. The van der Waals surface area contributed by atoms with Crippen LogP contribution in [-0.2, 0) is 24.9 Å². The average Bonchev–Trinajstić information content (AvgIpc) is 2.81. The van der Waals surface area contributed by atoms with Crippen LogP contribution >= 0.6 is 0 Å². The van der Waals surface area contributed by atoms with Gasteiger partial charge in [-0.15, -0.1) is 0 Å². The highest BCUT2D eigenvalue weighted by Crippen LogP contribution is 2.20. The second-order valence-corrected chi connectivity index (χ2v) is 5.13. The quantitative estimate of drug-likeness (QED) is 0.883. The predicted molar refractivity (Wildman–Crippen MR) is 82.8 cm³/mol. The van der Waals surface area contributed by atoms with Gasteiger partial charge in [-0.2, -0.15) is 5.10 Å². The van der Waals surface area contributed by atoms with Crippen molar-refractivity contribution in [3.63, 3.8) is 0 Å². The molecule has 0 saturated carbocycles. The van der Waals surface area contributed by atoms with E-state index in [1.54, 1.807) is 26.1 Å². The summed E-state index contributed by atoms with van der Waals surface area (Å²) in [6.45, 7) is 2.15. The molecule has 0 radical (unpaired) electrons. The van der Waals surface area contributed by atoms with Gasteiger partial charge >= 0.3 is 0 Å². The Balaban J connectivity index is 2.09. The number of aromatic nitrogens is 2. The third-order valence-corrected chi connectivity index (χ3v) is 3.46. The number of amides is 1. The lowest BCUT2D eigenvalue weighted by Gasteiger charge is -2.08. The minimum Gasteiger partial charge on any atom is -0.481 e. The molecular formula is C16H20FN3O3. The van der Waals surface area contributed by atoms with Crippen molar-refractivity contribution in [1.82, 2.24) is 15.1 Å². The van der Waals surface area contributed by atoms with Crippen molar-refractivity contribution in [2.24, 2.45) is 7.05 Å². The van der Waals surface area contributed by atoms with Crippen molar-refractivity contribution in [1.29, 1.82) is 0 Å². The normalized spacial score (nSPS) is 10.7. The number of hydrogen-bond donors (Lipinski definition) is 1. The highest BCUT2D eigenvalue weighted by Gasteiger charge is 2.20. The van der Waals surface area contributed by atoms with Gasteiger partial charge in [0.05, 0.1) is 19.4 Å². The molecule has 6 nitrogen and oxygen atoms in total. The molecule has 1 aromatic carbocycles. The smallest absolute Gasteiger partial charge is 0.258 e. The SMILES string of the molecule is COCc1ccc(CNC(=O)c2c(C)nn(C)c2OC)cc1F. The fourth-order valence-electron chi connectivity index (χ4n) is 2.38. The summed E-state index contributed by atoms with van der Waals surface area (Å²) in [5.74, 6) is -0.274. The summed E-state index contributed by atoms with van der Waals surface area (Å²) in [6.07, 6.45) is 0. The number of ether oxygens (including phenoxy) is 2. The van der Waals surface area contributed by atoms with Gasteiger partial charge in [0.25, 0.3) is 5.91 Å². The lowest BCUT2D eigenvalue weighted by atomic mass is 10.1. The van der Waals surface area contributed by atoms with Gasteiger partial charge in [-0.25, -0.2) is 9.07 Å². The molecular weight excluding hydrogens is 301 g/mol. The second-order valence-electron chi connectivity index (χ2n) is 5.13. The molecule has 124 valence electrons. The third-order valence-electron chi connectivity index (χ3n) is 3.46. The molecule has 0 spiro atoms. The topological polar surface area (TPSA) is 65.4 Å². The summed E-state index contributed by atoms with van der Waals surface area (Å²) in [4.78, 5) is 12.3. The highest BCUT2D eigenvalue weighted by molar-refractivity contribution is 5.97. The van der Waals surface area contributed by atoms with Crippen LogP contribution in [0.15, 0.2) is 18.2 Å². The van der Waals surface area contributed by atoms with Crippen molar-refractivity contribution in [2.45, 2.75) is 20.1 Å². The Hall–Kier alpha value is -2.41. The summed E-state index contributed by atoms with van der Waals surface area (Å²) in [5, 5.41) is 6.91. The van der Waals surface area contributed by atoms with E-state index in [4.69, 9.17) is 9.47 Å². The van der Waals surface area contributed by atoms with Crippen LogP contribution in [-0.4, -0.2) is 29.9 Å². The van der Waals surface area contributed by atoms with E-state index >= 15 is 0 Å². The van der Waals surface area contributed by atoms with Crippen molar-refractivity contribution >= 4 is 5.91 Å². The van der Waals surface area contributed by atoms with Crippen LogP contribution in [0.4, 0.5) is 4.39 Å². The molecule has 0 aliphatic heterocycles. The molecule has 0 aliphatic carbocycles. The summed E-state index contributed by atoms with van der Waals surface area (Å²) >= 11 is 0. The number of nitrogens with zero attached hydrogens (tertiary/aromatic N) is 2. The molecule has 0 aliphatic rings. The van der Waals surface area contributed by atoms with Crippen molar-refractivity contribution in [3.8, 4) is 5.88 Å². The molecule has 1 heterocycles. The summed E-state index contributed by atoms with van der Waals surface area (Å²) < 4.78 is 25.5. The van der Waals surface area contributed by atoms with Crippen molar-refractivity contribution in [3.05, 3.63) is 46.4 Å². The van der Waals surface area contributed by atoms with Crippen LogP contribution in [0.5, 0.6) is 5.88 Å². The fraction of sp³-hybridized carbons (Fsp3) is 0.375. The molecule has 0 fully saturated rings. The Morgan fingerprint density at radius 2 is 2.13 bits per heavy atom. The molecule has 2 aromatic rings. The van der Waals surface area contributed by atoms with Crippen LogP contribution in [0.1, 0.15) is 27.2 Å². The van der Waals surface area contributed by atoms with Crippen molar-refractivity contribution < 1.29 is 18.7 Å². The van der Waals surface area contributed by atoms with Crippen LogP contribution in [0, 0.1) is 12.7 Å². The third kappa shape index (κ3) is 3.68. The Morgan fingerprint density at radius 3 is 2.74 bits per heavy atom. The molecule has 1 N–H and O–H groups in total. The van der Waals surface area contributed by atoms with E-state index in [1.807, 2.05) is 0 Å². The maximum absolute atomic E-state index is 13.8. The molecule has 0 unspecified atom stereocenters. The largest absolute Gasteiger partial charge is 0.481 e. The molecule has 1 amide bonds. The van der Waals surface area contributed by atoms with Gasteiger partial charge in [0, 0.05) is 26.3 Å². The van der Waals surface area contributed by atoms with Gasteiger partial charge in [0.1, 0.15) is 11.4 Å². The number of carbonyl (C=O) groups is 1. The Bertz CT molecular complexity index is 713.